The quantitative estimate of drug-likeness (QED) is 0.128. The Morgan fingerprint density at radius 2 is 1.02 bits per heavy atom. The van der Waals surface area contributed by atoms with Gasteiger partial charge in [0.2, 0.25) is 11.8 Å². The lowest BCUT2D eigenvalue weighted by molar-refractivity contribution is -0.163. The topological polar surface area (TPSA) is 84.1 Å². The van der Waals surface area contributed by atoms with Crippen molar-refractivity contribution in [1.29, 1.82) is 0 Å². The molecule has 3 heterocycles. The molecule has 48 heavy (non-hydrogen) atoms. The van der Waals surface area contributed by atoms with E-state index in [0.29, 0.717) is 51.0 Å². The summed E-state index contributed by atoms with van der Waals surface area (Å²) in [6, 6.07) is 15.0. The molecule has 0 saturated carbocycles. The summed E-state index contributed by atoms with van der Waals surface area (Å²) in [5.41, 5.74) is 2.07. The third kappa shape index (κ3) is 10.4. The maximum absolute atomic E-state index is 14.8. The molecule has 5 rings (SSSR count). The molecule has 6 unspecified atom stereocenters. The number of unbranched alkanes of at least 4 members (excludes halogenated alkanes) is 2. The van der Waals surface area contributed by atoms with Gasteiger partial charge in [-0.15, -0.1) is 0 Å². The highest BCUT2D eigenvalue weighted by atomic mass is 16.6. The first kappa shape index (κ1) is 36.2. The van der Waals surface area contributed by atoms with E-state index in [9.17, 15) is 9.59 Å². The van der Waals surface area contributed by atoms with Crippen molar-refractivity contribution in [2.24, 2.45) is 11.8 Å². The number of benzene rings is 2. The summed E-state index contributed by atoms with van der Waals surface area (Å²) in [5, 5.41) is 0. The summed E-state index contributed by atoms with van der Waals surface area (Å²) in [6.07, 6.45) is 9.95. The Bertz CT molecular complexity index is 1180. The maximum Gasteiger partial charge on any atom is 0.246 e. The maximum atomic E-state index is 14.8. The van der Waals surface area contributed by atoms with Gasteiger partial charge in [-0.25, -0.2) is 0 Å². The van der Waals surface area contributed by atoms with Gasteiger partial charge in [-0.3, -0.25) is 9.59 Å². The molecular formula is C40H58N2O6. The first-order valence-corrected chi connectivity index (χ1v) is 18.7. The molecule has 0 spiro atoms. The Hall–Kier alpha value is -3.10. The Kier molecular flexibility index (Phi) is 13.6. The average Bonchev–Trinajstić information content (AvgIpc) is 4.05. The number of carbonyl (C=O) groups excluding carboxylic acids is 2. The van der Waals surface area contributed by atoms with Crippen LogP contribution in [0.15, 0.2) is 48.5 Å². The van der Waals surface area contributed by atoms with E-state index in [-0.39, 0.29) is 24.0 Å². The molecule has 3 aliphatic heterocycles. The van der Waals surface area contributed by atoms with Crippen LogP contribution >= 0.6 is 0 Å². The van der Waals surface area contributed by atoms with E-state index in [1.54, 1.807) is 0 Å². The van der Waals surface area contributed by atoms with Gasteiger partial charge in [-0.2, -0.15) is 0 Å². The van der Waals surface area contributed by atoms with Crippen LogP contribution in [-0.4, -0.2) is 85.4 Å². The van der Waals surface area contributed by atoms with Gasteiger partial charge in [0.1, 0.15) is 49.0 Å². The lowest BCUT2D eigenvalue weighted by Crippen LogP contribution is -2.67. The van der Waals surface area contributed by atoms with E-state index in [2.05, 4.69) is 27.7 Å². The van der Waals surface area contributed by atoms with Crippen LogP contribution < -0.4 is 9.47 Å². The van der Waals surface area contributed by atoms with Gasteiger partial charge in [0.15, 0.2) is 0 Å². The standard InChI is InChI=1S/C40H58N2O6/c1-5-9-11-29(7-3)23-41-37(21-31-13-17-33(18-14-31)45-25-35-27-47-35)40(44)42(24-30(8-4)12-10-6-2)38(39(41)43)22-32-15-19-34(20-16-32)46-26-36-28-48-36/h13-20,29-30,35-38H,5-12,21-28H2,1-4H3. The van der Waals surface area contributed by atoms with Crippen molar-refractivity contribution in [1.82, 2.24) is 9.80 Å². The number of epoxide rings is 2. The molecule has 264 valence electrons. The fourth-order valence-electron chi connectivity index (χ4n) is 6.77. The molecule has 6 atom stereocenters. The van der Waals surface area contributed by atoms with E-state index in [1.165, 1.54) is 0 Å². The molecule has 0 aromatic heterocycles. The molecule has 3 fully saturated rings. The first-order chi connectivity index (χ1) is 23.4. The van der Waals surface area contributed by atoms with Gasteiger partial charge in [0.05, 0.1) is 13.2 Å². The lowest BCUT2D eigenvalue weighted by atomic mass is 9.90. The van der Waals surface area contributed by atoms with E-state index < -0.39 is 12.1 Å². The summed E-state index contributed by atoms with van der Waals surface area (Å²) in [6.45, 7) is 12.7. The number of rotatable bonds is 22. The van der Waals surface area contributed by atoms with Gasteiger partial charge < -0.3 is 28.7 Å². The molecule has 3 saturated heterocycles. The minimum Gasteiger partial charge on any atom is -0.491 e. The summed E-state index contributed by atoms with van der Waals surface area (Å²) in [4.78, 5) is 33.6. The van der Waals surface area contributed by atoms with Crippen LogP contribution in [0.4, 0.5) is 0 Å². The SMILES string of the molecule is CCCCC(CC)CN1C(=O)C(Cc2ccc(OCC3CO3)cc2)N(CC(CC)CCCC)C(=O)C1Cc1ccc(OCC2CO2)cc1. The zero-order valence-electron chi connectivity index (χ0n) is 29.7. The van der Waals surface area contributed by atoms with Crippen LogP contribution in [0.2, 0.25) is 0 Å². The monoisotopic (exact) mass is 662 g/mol. The van der Waals surface area contributed by atoms with Crippen molar-refractivity contribution in [3.63, 3.8) is 0 Å². The average molecular weight is 663 g/mol. The van der Waals surface area contributed by atoms with Gasteiger partial charge in [0, 0.05) is 25.9 Å². The molecule has 0 radical (unpaired) electrons. The van der Waals surface area contributed by atoms with Crippen molar-refractivity contribution >= 4 is 11.8 Å². The van der Waals surface area contributed by atoms with Gasteiger partial charge in [-0.1, -0.05) is 90.5 Å². The number of carbonyl (C=O) groups is 2. The Morgan fingerprint density at radius 3 is 1.33 bits per heavy atom. The van der Waals surface area contributed by atoms with Crippen molar-refractivity contribution < 1.29 is 28.5 Å². The van der Waals surface area contributed by atoms with Crippen molar-refractivity contribution in [3.05, 3.63) is 59.7 Å². The van der Waals surface area contributed by atoms with Gasteiger partial charge >= 0.3 is 0 Å². The number of ether oxygens (including phenoxy) is 4. The van der Waals surface area contributed by atoms with Gasteiger partial charge in [0.25, 0.3) is 0 Å². The molecule has 2 amide bonds. The van der Waals surface area contributed by atoms with Crippen LogP contribution in [0.5, 0.6) is 11.5 Å². The minimum atomic E-state index is -0.528. The smallest absolute Gasteiger partial charge is 0.246 e. The number of amides is 2. The van der Waals surface area contributed by atoms with Gasteiger partial charge in [-0.05, 0) is 60.1 Å². The summed E-state index contributed by atoms with van der Waals surface area (Å²) in [7, 11) is 0. The predicted octanol–water partition coefficient (Wildman–Crippen LogP) is 6.87. The Labute approximate surface area is 288 Å². The van der Waals surface area contributed by atoms with E-state index >= 15 is 0 Å². The van der Waals surface area contributed by atoms with E-state index in [4.69, 9.17) is 18.9 Å². The molecule has 8 nitrogen and oxygen atoms in total. The minimum absolute atomic E-state index is 0.0792. The van der Waals surface area contributed by atoms with Crippen LogP contribution in [0.25, 0.3) is 0 Å². The third-order valence-corrected chi connectivity index (χ3v) is 10.3. The molecule has 8 heteroatoms. The highest BCUT2D eigenvalue weighted by Crippen LogP contribution is 2.30. The Morgan fingerprint density at radius 1 is 0.646 bits per heavy atom. The van der Waals surface area contributed by atoms with E-state index in [0.717, 1.165) is 87.2 Å². The molecule has 2 aromatic rings. The van der Waals surface area contributed by atoms with Crippen LogP contribution in [0, 0.1) is 11.8 Å². The highest BCUT2D eigenvalue weighted by molar-refractivity contribution is 5.97. The zero-order valence-corrected chi connectivity index (χ0v) is 29.7. The molecule has 0 aliphatic carbocycles. The number of hydrogen-bond donors (Lipinski definition) is 0. The largest absolute Gasteiger partial charge is 0.491 e. The predicted molar refractivity (Wildman–Crippen MR) is 188 cm³/mol. The molecule has 0 N–H and O–H groups in total. The van der Waals surface area contributed by atoms with Crippen LogP contribution in [-0.2, 0) is 31.9 Å². The second-order valence-corrected chi connectivity index (χ2v) is 14.1. The fraction of sp³-hybridized carbons (Fsp3) is 0.650. The highest BCUT2D eigenvalue weighted by Gasteiger charge is 2.46. The molecule has 3 aliphatic rings. The second-order valence-electron chi connectivity index (χ2n) is 14.1. The molecule has 2 aromatic carbocycles. The normalized spacial score (nSPS) is 23.2. The summed E-state index contributed by atoms with van der Waals surface area (Å²) >= 11 is 0. The van der Waals surface area contributed by atoms with Crippen molar-refractivity contribution in [2.45, 2.75) is 116 Å². The second kappa shape index (κ2) is 18.1. The molecular weight excluding hydrogens is 604 g/mol. The third-order valence-electron chi connectivity index (χ3n) is 10.3. The molecule has 0 bridgehead atoms. The summed E-state index contributed by atoms with van der Waals surface area (Å²) in [5.74, 6) is 2.46. The lowest BCUT2D eigenvalue weighted by Gasteiger charge is -2.47. The summed E-state index contributed by atoms with van der Waals surface area (Å²) < 4.78 is 22.3. The first-order valence-electron chi connectivity index (χ1n) is 18.7. The number of hydrogen-bond acceptors (Lipinski definition) is 6. The zero-order chi connectivity index (χ0) is 33.9. The Balaban J connectivity index is 1.40. The van der Waals surface area contributed by atoms with Crippen molar-refractivity contribution in [3.8, 4) is 11.5 Å². The number of piperazine rings is 1. The van der Waals surface area contributed by atoms with E-state index in [1.807, 2.05) is 58.3 Å². The van der Waals surface area contributed by atoms with Crippen LogP contribution in [0.3, 0.4) is 0 Å². The fourth-order valence-corrected chi connectivity index (χ4v) is 6.77. The number of nitrogens with zero attached hydrogens (tertiary/aromatic N) is 2. The van der Waals surface area contributed by atoms with Crippen molar-refractivity contribution in [2.75, 3.05) is 39.5 Å². The van der Waals surface area contributed by atoms with Crippen LogP contribution in [0.1, 0.15) is 90.2 Å².